The molecule has 51 heavy (non-hydrogen) atoms. The van der Waals surface area contributed by atoms with Gasteiger partial charge in [0.25, 0.3) is 5.56 Å². The third-order valence-corrected chi connectivity index (χ3v) is 8.37. The lowest BCUT2D eigenvalue weighted by Crippen LogP contribution is -2.38. The third kappa shape index (κ3) is 8.99. The number of fused-ring (bicyclic) bond motifs is 1. The Labute approximate surface area is 292 Å². The average molecular weight is 693 g/mol. The molecule has 2 heterocycles. The molecule has 0 bridgehead atoms. The van der Waals surface area contributed by atoms with E-state index in [0.717, 1.165) is 18.4 Å². The number of pyridine rings is 1. The quantitative estimate of drug-likeness (QED) is 0.114. The third-order valence-electron chi connectivity index (χ3n) is 8.37. The Morgan fingerprint density at radius 1 is 0.824 bits per heavy atom. The molecular weight excluding hydrogens is 657 g/mol. The number of hydrogen-bond donors (Lipinski definition) is 0. The highest BCUT2D eigenvalue weighted by Gasteiger charge is 2.31. The topological polar surface area (TPSA) is 86.6 Å². The van der Waals surface area contributed by atoms with E-state index < -0.39 is 12.4 Å². The van der Waals surface area contributed by atoms with Crippen LogP contribution in [0.2, 0.25) is 0 Å². The van der Waals surface area contributed by atoms with Crippen LogP contribution in [0.25, 0.3) is 16.6 Å². The van der Waals surface area contributed by atoms with Crippen LogP contribution in [0.4, 0.5) is 13.2 Å². The molecular formula is C40H35F3N4O4. The predicted octanol–water partition coefficient (Wildman–Crippen LogP) is 8.02. The van der Waals surface area contributed by atoms with Gasteiger partial charge in [-0.15, -0.1) is 13.2 Å². The van der Waals surface area contributed by atoms with Crippen molar-refractivity contribution in [1.82, 2.24) is 19.4 Å². The van der Waals surface area contributed by atoms with E-state index in [9.17, 15) is 22.8 Å². The number of nitrogens with zero attached hydrogens (tertiary/aromatic N) is 4. The standard InChI is InChI=1S/C40H35F3N4O4/c1-28(46(27-31-11-7-23-44-26-31)37(48)25-30-15-19-34(20-16-30)51-40(41,42)43)38-45-36-14-6-5-13-35(36)39(49)47(38)32-17-21-33(22-18-32)50-24-8-12-29-9-3-2-4-10-29/h2-7,9-11,13-23,26,28H,8,12,24-25,27H2,1H3. The average Bonchev–Trinajstić information content (AvgIpc) is 3.13. The van der Waals surface area contributed by atoms with Crippen molar-refractivity contribution < 1.29 is 27.4 Å². The molecule has 2 aromatic heterocycles. The molecule has 0 radical (unpaired) electrons. The summed E-state index contributed by atoms with van der Waals surface area (Å²) in [6, 6.07) is 32.5. The second kappa shape index (κ2) is 15.7. The van der Waals surface area contributed by atoms with Crippen molar-refractivity contribution in [2.45, 2.75) is 45.1 Å². The normalized spacial score (nSPS) is 12.0. The number of aryl methyl sites for hydroxylation is 1. The molecule has 8 nitrogen and oxygen atoms in total. The minimum atomic E-state index is -4.83. The highest BCUT2D eigenvalue weighted by atomic mass is 19.4. The van der Waals surface area contributed by atoms with Gasteiger partial charge in [0.2, 0.25) is 5.91 Å². The van der Waals surface area contributed by atoms with Gasteiger partial charge in [0.15, 0.2) is 0 Å². The largest absolute Gasteiger partial charge is 0.573 e. The molecule has 0 fully saturated rings. The molecule has 0 aliphatic rings. The fraction of sp³-hybridized carbons (Fsp3) is 0.200. The Kier molecular flexibility index (Phi) is 10.7. The lowest BCUT2D eigenvalue weighted by atomic mass is 10.1. The Morgan fingerprint density at radius 3 is 2.22 bits per heavy atom. The number of alkyl halides is 3. The van der Waals surface area contributed by atoms with Crippen LogP contribution in [0.5, 0.6) is 11.5 Å². The van der Waals surface area contributed by atoms with Crippen LogP contribution in [0.3, 0.4) is 0 Å². The van der Waals surface area contributed by atoms with E-state index in [1.54, 1.807) is 78.8 Å². The van der Waals surface area contributed by atoms with E-state index in [1.807, 2.05) is 24.3 Å². The SMILES string of the molecule is CC(c1nc2ccccc2c(=O)n1-c1ccc(OCCCc2ccccc2)cc1)N(Cc1cccnc1)C(=O)Cc1ccc(OC(F)(F)F)cc1. The van der Waals surface area contributed by atoms with Gasteiger partial charge >= 0.3 is 6.36 Å². The molecule has 6 aromatic rings. The number of hydrogen-bond acceptors (Lipinski definition) is 6. The van der Waals surface area contributed by atoms with Gasteiger partial charge in [0.05, 0.1) is 35.7 Å². The number of carbonyl (C=O) groups is 1. The summed E-state index contributed by atoms with van der Waals surface area (Å²) < 4.78 is 49.6. The van der Waals surface area contributed by atoms with E-state index in [2.05, 4.69) is 21.9 Å². The van der Waals surface area contributed by atoms with Crippen LogP contribution < -0.4 is 15.0 Å². The van der Waals surface area contributed by atoms with Crippen LogP contribution in [-0.4, -0.2) is 38.3 Å². The Balaban J connectivity index is 1.30. The zero-order valence-corrected chi connectivity index (χ0v) is 27.8. The molecule has 0 aliphatic heterocycles. The molecule has 0 spiro atoms. The van der Waals surface area contributed by atoms with Crippen molar-refractivity contribution in [3.63, 3.8) is 0 Å². The van der Waals surface area contributed by atoms with E-state index in [4.69, 9.17) is 9.72 Å². The lowest BCUT2D eigenvalue weighted by Gasteiger charge is -2.31. The van der Waals surface area contributed by atoms with Crippen LogP contribution in [-0.2, 0) is 24.2 Å². The van der Waals surface area contributed by atoms with Gasteiger partial charge in [-0.1, -0.05) is 60.7 Å². The molecule has 260 valence electrons. The molecule has 1 unspecified atom stereocenters. The summed E-state index contributed by atoms with van der Waals surface area (Å²) >= 11 is 0. The fourth-order valence-corrected chi connectivity index (χ4v) is 5.84. The van der Waals surface area contributed by atoms with Crippen LogP contribution in [0.1, 0.15) is 41.9 Å². The van der Waals surface area contributed by atoms with Crippen molar-refractivity contribution in [2.24, 2.45) is 0 Å². The number of amides is 1. The van der Waals surface area contributed by atoms with Gasteiger partial charge in [0, 0.05) is 18.9 Å². The van der Waals surface area contributed by atoms with E-state index in [1.165, 1.54) is 34.4 Å². The monoisotopic (exact) mass is 692 g/mol. The lowest BCUT2D eigenvalue weighted by molar-refractivity contribution is -0.274. The maximum Gasteiger partial charge on any atom is 0.573 e. The molecule has 1 amide bonds. The summed E-state index contributed by atoms with van der Waals surface area (Å²) in [6.07, 6.45) is 0.0631. The number of benzene rings is 4. The highest BCUT2D eigenvalue weighted by Crippen LogP contribution is 2.27. The minimum Gasteiger partial charge on any atom is -0.494 e. The first-order chi connectivity index (χ1) is 24.6. The minimum absolute atomic E-state index is 0.120. The Morgan fingerprint density at radius 2 is 1.51 bits per heavy atom. The first-order valence-electron chi connectivity index (χ1n) is 16.5. The van der Waals surface area contributed by atoms with Gasteiger partial charge < -0.3 is 14.4 Å². The van der Waals surface area contributed by atoms with E-state index >= 15 is 0 Å². The molecule has 0 aliphatic carbocycles. The number of aromatic nitrogens is 3. The summed E-state index contributed by atoms with van der Waals surface area (Å²) in [4.78, 5) is 38.9. The number of halogens is 3. The maximum absolute atomic E-state index is 14.1. The van der Waals surface area contributed by atoms with Crippen LogP contribution >= 0.6 is 0 Å². The van der Waals surface area contributed by atoms with E-state index in [0.29, 0.717) is 40.3 Å². The van der Waals surface area contributed by atoms with Crippen molar-refractivity contribution in [3.05, 3.63) is 161 Å². The summed E-state index contributed by atoms with van der Waals surface area (Å²) in [5.74, 6) is 0.279. The molecule has 1 atom stereocenters. The highest BCUT2D eigenvalue weighted by molar-refractivity contribution is 5.80. The Bertz CT molecular complexity index is 2120. The molecule has 0 saturated heterocycles. The molecule has 0 N–H and O–H groups in total. The number of para-hydroxylation sites is 1. The van der Waals surface area contributed by atoms with Crippen LogP contribution in [0.15, 0.2) is 132 Å². The van der Waals surface area contributed by atoms with Gasteiger partial charge in [-0.3, -0.25) is 19.1 Å². The molecule has 6 rings (SSSR count). The van der Waals surface area contributed by atoms with Gasteiger partial charge in [-0.05, 0) is 91.1 Å². The summed E-state index contributed by atoms with van der Waals surface area (Å²) in [5, 5.41) is 0.418. The maximum atomic E-state index is 14.1. The molecule has 11 heteroatoms. The van der Waals surface area contributed by atoms with Crippen molar-refractivity contribution in [3.8, 4) is 17.2 Å². The van der Waals surface area contributed by atoms with E-state index in [-0.39, 0.29) is 30.2 Å². The summed E-state index contributed by atoms with van der Waals surface area (Å²) in [5.41, 5.74) is 3.20. The van der Waals surface area contributed by atoms with Gasteiger partial charge in [-0.2, -0.15) is 0 Å². The van der Waals surface area contributed by atoms with Crippen molar-refractivity contribution in [2.75, 3.05) is 6.61 Å². The van der Waals surface area contributed by atoms with Gasteiger partial charge in [-0.25, -0.2) is 4.98 Å². The fourth-order valence-electron chi connectivity index (χ4n) is 5.84. The zero-order chi connectivity index (χ0) is 35.8. The second-order valence-electron chi connectivity index (χ2n) is 12.0. The second-order valence-corrected chi connectivity index (χ2v) is 12.0. The predicted molar refractivity (Wildman–Crippen MR) is 188 cm³/mol. The first kappa shape index (κ1) is 34.9. The van der Waals surface area contributed by atoms with Crippen molar-refractivity contribution in [1.29, 1.82) is 0 Å². The molecule has 4 aromatic carbocycles. The zero-order valence-electron chi connectivity index (χ0n) is 27.8. The summed E-state index contributed by atoms with van der Waals surface area (Å²) in [6.45, 7) is 2.46. The van der Waals surface area contributed by atoms with Crippen LogP contribution in [0, 0.1) is 0 Å². The van der Waals surface area contributed by atoms with Gasteiger partial charge in [0.1, 0.15) is 17.3 Å². The number of ether oxygens (including phenoxy) is 2. The van der Waals surface area contributed by atoms with Crippen molar-refractivity contribution >= 4 is 16.8 Å². The number of rotatable bonds is 13. The first-order valence-corrected chi connectivity index (χ1v) is 16.5. The molecule has 0 saturated carbocycles. The Hall–Kier alpha value is -5.97. The smallest absolute Gasteiger partial charge is 0.494 e. The number of carbonyl (C=O) groups excluding carboxylic acids is 1. The summed E-state index contributed by atoms with van der Waals surface area (Å²) in [7, 11) is 0.